The van der Waals surface area contributed by atoms with Crippen molar-refractivity contribution >= 4 is 18.3 Å². The van der Waals surface area contributed by atoms with Gasteiger partial charge in [-0.2, -0.15) is 0 Å². The molecule has 6 heteroatoms. The van der Waals surface area contributed by atoms with Gasteiger partial charge in [-0.25, -0.2) is 0 Å². The second-order valence-electron chi connectivity index (χ2n) is 4.86. The second-order valence-corrected chi connectivity index (χ2v) is 4.86. The second kappa shape index (κ2) is 7.77. The van der Waals surface area contributed by atoms with Gasteiger partial charge in [0, 0.05) is 44.1 Å². The summed E-state index contributed by atoms with van der Waals surface area (Å²) in [5.74, 6) is 1.41. The van der Waals surface area contributed by atoms with E-state index in [0.717, 1.165) is 26.2 Å². The maximum atomic E-state index is 12.4. The van der Waals surface area contributed by atoms with Crippen LogP contribution < -0.4 is 10.1 Å². The Morgan fingerprint density at radius 1 is 1.09 bits per heavy atom. The lowest BCUT2D eigenvalue weighted by Gasteiger charge is -2.27. The summed E-state index contributed by atoms with van der Waals surface area (Å²) in [6.45, 7) is 3.18. The Morgan fingerprint density at radius 2 is 1.82 bits per heavy atom. The number of piperazine rings is 1. The Balaban J connectivity index is 0.00000176. The molecular formula is C16H18ClN3O2. The molecule has 5 nitrogen and oxygen atoms in total. The van der Waals surface area contributed by atoms with Gasteiger partial charge >= 0.3 is 0 Å². The van der Waals surface area contributed by atoms with Gasteiger partial charge in [0.1, 0.15) is 11.5 Å². The van der Waals surface area contributed by atoms with Crippen LogP contribution in [0.3, 0.4) is 0 Å². The zero-order chi connectivity index (χ0) is 14.5. The van der Waals surface area contributed by atoms with Gasteiger partial charge in [0.15, 0.2) is 0 Å². The highest BCUT2D eigenvalue weighted by molar-refractivity contribution is 5.94. The number of aromatic nitrogens is 1. The van der Waals surface area contributed by atoms with Crippen molar-refractivity contribution in [3.05, 3.63) is 54.4 Å². The number of rotatable bonds is 3. The van der Waals surface area contributed by atoms with Crippen LogP contribution in [0.2, 0.25) is 0 Å². The molecular weight excluding hydrogens is 302 g/mol. The predicted octanol–water partition coefficient (Wildman–Crippen LogP) is 2.34. The van der Waals surface area contributed by atoms with E-state index in [1.165, 1.54) is 0 Å². The minimum atomic E-state index is 0. The van der Waals surface area contributed by atoms with E-state index < -0.39 is 0 Å². The number of amides is 1. The summed E-state index contributed by atoms with van der Waals surface area (Å²) < 4.78 is 5.73. The average Bonchev–Trinajstić information content (AvgIpc) is 2.56. The smallest absolute Gasteiger partial charge is 0.254 e. The van der Waals surface area contributed by atoms with E-state index in [0.29, 0.717) is 17.1 Å². The van der Waals surface area contributed by atoms with Crippen LogP contribution in [-0.4, -0.2) is 42.0 Å². The van der Waals surface area contributed by atoms with Crippen molar-refractivity contribution in [3.63, 3.8) is 0 Å². The number of hydrogen-bond acceptors (Lipinski definition) is 4. The minimum absolute atomic E-state index is 0. The number of ether oxygens (including phenoxy) is 1. The van der Waals surface area contributed by atoms with Crippen LogP contribution >= 0.6 is 12.4 Å². The lowest BCUT2D eigenvalue weighted by molar-refractivity contribution is 0.0735. The highest BCUT2D eigenvalue weighted by Crippen LogP contribution is 2.22. The molecule has 1 aromatic carbocycles. The Kier molecular flexibility index (Phi) is 5.75. The van der Waals surface area contributed by atoms with E-state index in [1.54, 1.807) is 30.6 Å². The van der Waals surface area contributed by atoms with Crippen LogP contribution in [-0.2, 0) is 0 Å². The number of carbonyl (C=O) groups is 1. The molecule has 2 heterocycles. The minimum Gasteiger partial charge on any atom is -0.457 e. The monoisotopic (exact) mass is 319 g/mol. The van der Waals surface area contributed by atoms with Crippen molar-refractivity contribution in [2.75, 3.05) is 26.2 Å². The molecule has 0 aliphatic carbocycles. The van der Waals surface area contributed by atoms with Crippen molar-refractivity contribution in [2.45, 2.75) is 0 Å². The van der Waals surface area contributed by atoms with Crippen LogP contribution in [0, 0.1) is 0 Å². The maximum Gasteiger partial charge on any atom is 0.254 e. The van der Waals surface area contributed by atoms with Gasteiger partial charge < -0.3 is 15.0 Å². The molecule has 1 aliphatic heterocycles. The Bertz CT molecular complexity index is 616. The summed E-state index contributed by atoms with van der Waals surface area (Å²) in [6, 6.07) is 10.9. The van der Waals surface area contributed by atoms with E-state index in [4.69, 9.17) is 4.74 Å². The summed E-state index contributed by atoms with van der Waals surface area (Å²) in [5.41, 5.74) is 0.656. The molecule has 22 heavy (non-hydrogen) atoms. The van der Waals surface area contributed by atoms with Crippen LogP contribution in [0.4, 0.5) is 0 Å². The largest absolute Gasteiger partial charge is 0.457 e. The number of pyridine rings is 1. The van der Waals surface area contributed by atoms with Gasteiger partial charge in [0.25, 0.3) is 5.91 Å². The molecule has 1 N–H and O–H groups in total. The van der Waals surface area contributed by atoms with Crippen LogP contribution in [0.25, 0.3) is 0 Å². The van der Waals surface area contributed by atoms with Gasteiger partial charge in [0.2, 0.25) is 0 Å². The molecule has 2 aromatic rings. The Hall–Kier alpha value is -2.11. The van der Waals surface area contributed by atoms with E-state index in [2.05, 4.69) is 10.3 Å². The number of carbonyl (C=O) groups excluding carboxylic acids is 1. The zero-order valence-corrected chi connectivity index (χ0v) is 12.9. The fraction of sp³-hybridized carbons (Fsp3) is 0.250. The molecule has 0 spiro atoms. The van der Waals surface area contributed by atoms with Crippen LogP contribution in [0.5, 0.6) is 11.5 Å². The third kappa shape index (κ3) is 3.96. The summed E-state index contributed by atoms with van der Waals surface area (Å²) in [7, 11) is 0. The quantitative estimate of drug-likeness (QED) is 0.943. The summed E-state index contributed by atoms with van der Waals surface area (Å²) in [5, 5.41) is 3.24. The third-order valence-electron chi connectivity index (χ3n) is 3.37. The molecule has 1 saturated heterocycles. The topological polar surface area (TPSA) is 54.5 Å². The molecule has 0 atom stereocenters. The molecule has 0 radical (unpaired) electrons. The Labute approximate surface area is 135 Å². The SMILES string of the molecule is Cl.O=C(c1cccc(Oc2ccncc2)c1)N1CCNCC1. The van der Waals surface area contributed by atoms with Crippen LogP contribution in [0.15, 0.2) is 48.8 Å². The normalized spacial score (nSPS) is 14.1. The van der Waals surface area contributed by atoms with Gasteiger partial charge in [0.05, 0.1) is 0 Å². The number of halogens is 1. The molecule has 3 rings (SSSR count). The fourth-order valence-electron chi connectivity index (χ4n) is 2.29. The molecule has 0 unspecified atom stereocenters. The molecule has 116 valence electrons. The van der Waals surface area contributed by atoms with Gasteiger partial charge in [-0.05, 0) is 30.3 Å². The Morgan fingerprint density at radius 3 is 2.55 bits per heavy atom. The molecule has 1 amide bonds. The summed E-state index contributed by atoms with van der Waals surface area (Å²) in [4.78, 5) is 18.2. The van der Waals surface area contributed by atoms with Gasteiger partial charge in [-0.3, -0.25) is 9.78 Å². The first kappa shape index (κ1) is 16.3. The van der Waals surface area contributed by atoms with E-state index in [1.807, 2.05) is 23.1 Å². The first-order chi connectivity index (χ1) is 10.3. The molecule has 1 aliphatic rings. The zero-order valence-electron chi connectivity index (χ0n) is 12.1. The number of hydrogen-bond donors (Lipinski definition) is 1. The molecule has 0 saturated carbocycles. The van der Waals surface area contributed by atoms with Crippen molar-refractivity contribution < 1.29 is 9.53 Å². The molecule has 1 fully saturated rings. The van der Waals surface area contributed by atoms with E-state index in [-0.39, 0.29) is 18.3 Å². The highest BCUT2D eigenvalue weighted by Gasteiger charge is 2.18. The standard InChI is InChI=1S/C16H17N3O2.ClH/c20-16(19-10-8-18-9-11-19)13-2-1-3-15(12-13)21-14-4-6-17-7-5-14;/h1-7,12,18H,8-11H2;1H. The predicted molar refractivity (Wildman–Crippen MR) is 86.8 cm³/mol. The number of nitrogens with zero attached hydrogens (tertiary/aromatic N) is 2. The highest BCUT2D eigenvalue weighted by atomic mass is 35.5. The van der Waals surface area contributed by atoms with Gasteiger partial charge in [-0.1, -0.05) is 6.07 Å². The summed E-state index contributed by atoms with van der Waals surface area (Å²) in [6.07, 6.45) is 3.34. The van der Waals surface area contributed by atoms with Crippen molar-refractivity contribution in [3.8, 4) is 11.5 Å². The third-order valence-corrected chi connectivity index (χ3v) is 3.37. The fourth-order valence-corrected chi connectivity index (χ4v) is 2.29. The van der Waals surface area contributed by atoms with Gasteiger partial charge in [-0.15, -0.1) is 12.4 Å². The molecule has 1 aromatic heterocycles. The first-order valence-electron chi connectivity index (χ1n) is 7.01. The average molecular weight is 320 g/mol. The van der Waals surface area contributed by atoms with Crippen molar-refractivity contribution in [2.24, 2.45) is 0 Å². The van der Waals surface area contributed by atoms with Crippen LogP contribution in [0.1, 0.15) is 10.4 Å². The number of benzene rings is 1. The lowest BCUT2D eigenvalue weighted by atomic mass is 10.1. The number of nitrogens with one attached hydrogen (secondary N) is 1. The van der Waals surface area contributed by atoms with E-state index in [9.17, 15) is 4.79 Å². The summed E-state index contributed by atoms with van der Waals surface area (Å²) >= 11 is 0. The maximum absolute atomic E-state index is 12.4. The van der Waals surface area contributed by atoms with Crippen molar-refractivity contribution in [1.82, 2.24) is 15.2 Å². The first-order valence-corrected chi connectivity index (χ1v) is 7.01. The van der Waals surface area contributed by atoms with Crippen molar-refractivity contribution in [1.29, 1.82) is 0 Å². The molecule has 0 bridgehead atoms. The lowest BCUT2D eigenvalue weighted by Crippen LogP contribution is -2.46. The van der Waals surface area contributed by atoms with E-state index >= 15 is 0 Å².